The molecule has 3 rings (SSSR count). The highest BCUT2D eigenvalue weighted by Crippen LogP contribution is 2.39. The van der Waals surface area contributed by atoms with Crippen LogP contribution in [-0.2, 0) is 11.3 Å². The Morgan fingerprint density at radius 1 is 1.27 bits per heavy atom. The summed E-state index contributed by atoms with van der Waals surface area (Å²) >= 11 is 1.65. The van der Waals surface area contributed by atoms with Crippen molar-refractivity contribution in [3.05, 3.63) is 16.6 Å². The number of hydrogen-bond donors (Lipinski definition) is 1. The molecular formula is C16H27N3O2S. The third-order valence-electron chi connectivity index (χ3n) is 5.18. The van der Waals surface area contributed by atoms with E-state index in [9.17, 15) is 5.11 Å². The fourth-order valence-corrected chi connectivity index (χ4v) is 4.12. The minimum absolute atomic E-state index is 0.125. The highest BCUT2D eigenvalue weighted by molar-refractivity contribution is 7.07. The summed E-state index contributed by atoms with van der Waals surface area (Å²) in [6, 6.07) is 0. The van der Waals surface area contributed by atoms with Crippen LogP contribution in [0.25, 0.3) is 0 Å². The molecule has 0 aliphatic carbocycles. The molecule has 3 heterocycles. The lowest BCUT2D eigenvalue weighted by molar-refractivity contribution is -0.141. The van der Waals surface area contributed by atoms with Gasteiger partial charge in [-0.3, -0.25) is 9.80 Å². The standard InChI is InChI=1S/C16H27N3O2S/c1-15(2)11-19(9-14-10-22-13-17-14)4-3-16(15,20)12-18-5-7-21-8-6-18/h10,13,20H,3-9,11-12H2,1-2H3/t16-/m1/s1. The monoisotopic (exact) mass is 325 g/mol. The Kier molecular flexibility index (Phi) is 4.85. The maximum absolute atomic E-state index is 11.3. The summed E-state index contributed by atoms with van der Waals surface area (Å²) in [6.45, 7) is 11.3. The largest absolute Gasteiger partial charge is 0.388 e. The normalized spacial score (nSPS) is 30.5. The van der Waals surface area contributed by atoms with Gasteiger partial charge in [0, 0.05) is 50.1 Å². The first-order chi connectivity index (χ1) is 10.5. The number of likely N-dealkylation sites (tertiary alicyclic amines) is 1. The molecule has 2 aliphatic rings. The van der Waals surface area contributed by atoms with Crippen molar-refractivity contribution in [2.24, 2.45) is 5.41 Å². The SMILES string of the molecule is CC1(C)CN(Cc2cscn2)CC[C@@]1(O)CN1CCOCC1. The summed E-state index contributed by atoms with van der Waals surface area (Å²) in [6.07, 6.45) is 0.821. The van der Waals surface area contributed by atoms with Crippen LogP contribution in [0.15, 0.2) is 10.9 Å². The summed E-state index contributed by atoms with van der Waals surface area (Å²) < 4.78 is 5.41. The molecule has 6 heteroatoms. The van der Waals surface area contributed by atoms with Crippen molar-refractivity contribution in [3.63, 3.8) is 0 Å². The fourth-order valence-electron chi connectivity index (χ4n) is 3.57. The number of hydrogen-bond acceptors (Lipinski definition) is 6. The Morgan fingerprint density at radius 3 is 2.68 bits per heavy atom. The first-order valence-corrected chi connectivity index (χ1v) is 9.05. The van der Waals surface area contributed by atoms with Crippen molar-refractivity contribution in [2.45, 2.75) is 32.4 Å². The van der Waals surface area contributed by atoms with Crippen molar-refractivity contribution in [2.75, 3.05) is 45.9 Å². The smallest absolute Gasteiger partial charge is 0.0849 e. The number of aromatic nitrogens is 1. The number of piperidine rings is 1. The number of nitrogens with zero attached hydrogens (tertiary/aromatic N) is 3. The van der Waals surface area contributed by atoms with E-state index in [1.54, 1.807) is 11.3 Å². The molecule has 2 aliphatic heterocycles. The zero-order valence-corrected chi connectivity index (χ0v) is 14.4. The third-order valence-corrected chi connectivity index (χ3v) is 5.81. The lowest BCUT2D eigenvalue weighted by Gasteiger charge is -2.52. The number of morpholine rings is 1. The molecule has 5 nitrogen and oxygen atoms in total. The third kappa shape index (κ3) is 3.51. The number of aliphatic hydroxyl groups is 1. The van der Waals surface area contributed by atoms with Crippen LogP contribution in [0.4, 0.5) is 0 Å². The Balaban J connectivity index is 1.61. The average Bonchev–Trinajstić information content (AvgIpc) is 2.97. The lowest BCUT2D eigenvalue weighted by Crippen LogP contribution is -2.62. The minimum Gasteiger partial charge on any atom is -0.388 e. The van der Waals surface area contributed by atoms with E-state index in [-0.39, 0.29) is 5.41 Å². The highest BCUT2D eigenvalue weighted by atomic mass is 32.1. The summed E-state index contributed by atoms with van der Waals surface area (Å²) in [5.41, 5.74) is 2.28. The van der Waals surface area contributed by atoms with Gasteiger partial charge in [-0.05, 0) is 6.42 Å². The van der Waals surface area contributed by atoms with E-state index in [1.807, 2.05) is 5.51 Å². The van der Waals surface area contributed by atoms with Crippen LogP contribution in [0.5, 0.6) is 0 Å². The molecule has 2 fully saturated rings. The fraction of sp³-hybridized carbons (Fsp3) is 0.812. The molecule has 124 valence electrons. The molecule has 0 unspecified atom stereocenters. The van der Waals surface area contributed by atoms with Crippen molar-refractivity contribution >= 4 is 11.3 Å². The molecule has 1 aromatic heterocycles. The van der Waals surface area contributed by atoms with Gasteiger partial charge in [0.1, 0.15) is 0 Å². The lowest BCUT2D eigenvalue weighted by atomic mass is 9.69. The van der Waals surface area contributed by atoms with Crippen LogP contribution in [-0.4, -0.2) is 71.4 Å². The quantitative estimate of drug-likeness (QED) is 0.908. The zero-order chi connectivity index (χ0) is 15.6. The molecule has 22 heavy (non-hydrogen) atoms. The molecule has 0 saturated carbocycles. The molecule has 1 atom stereocenters. The second kappa shape index (κ2) is 6.53. The first-order valence-electron chi connectivity index (χ1n) is 8.10. The van der Waals surface area contributed by atoms with E-state index < -0.39 is 5.60 Å². The van der Waals surface area contributed by atoms with Crippen LogP contribution in [0.2, 0.25) is 0 Å². The molecule has 0 spiro atoms. The van der Waals surface area contributed by atoms with E-state index >= 15 is 0 Å². The van der Waals surface area contributed by atoms with Crippen LogP contribution < -0.4 is 0 Å². The van der Waals surface area contributed by atoms with E-state index in [0.717, 1.165) is 64.6 Å². The van der Waals surface area contributed by atoms with Crippen LogP contribution >= 0.6 is 11.3 Å². The predicted octanol–water partition coefficient (Wildman–Crippen LogP) is 1.44. The van der Waals surface area contributed by atoms with Gasteiger partial charge in [-0.2, -0.15) is 0 Å². The molecule has 1 N–H and O–H groups in total. The van der Waals surface area contributed by atoms with Gasteiger partial charge in [0.15, 0.2) is 0 Å². The van der Waals surface area contributed by atoms with Gasteiger partial charge in [0.25, 0.3) is 0 Å². The highest BCUT2D eigenvalue weighted by Gasteiger charge is 2.48. The number of β-amino-alcohol motifs (C(OH)–C–C–N with tert-alkyl or cyclic N) is 1. The number of ether oxygens (including phenoxy) is 1. The Labute approximate surface area is 136 Å². The van der Waals surface area contributed by atoms with Crippen LogP contribution in [0.1, 0.15) is 26.0 Å². The number of rotatable bonds is 4. The van der Waals surface area contributed by atoms with Gasteiger partial charge in [-0.15, -0.1) is 11.3 Å². The van der Waals surface area contributed by atoms with Crippen molar-refractivity contribution < 1.29 is 9.84 Å². The number of thiazole rings is 1. The maximum atomic E-state index is 11.3. The van der Waals surface area contributed by atoms with Gasteiger partial charge in [-0.1, -0.05) is 13.8 Å². The van der Waals surface area contributed by atoms with Gasteiger partial charge in [0.05, 0.1) is 30.0 Å². The van der Waals surface area contributed by atoms with E-state index in [4.69, 9.17) is 4.74 Å². The summed E-state index contributed by atoms with van der Waals surface area (Å²) in [4.78, 5) is 9.15. The second-order valence-corrected chi connectivity index (χ2v) is 7.96. The molecule has 0 bridgehead atoms. The second-order valence-electron chi connectivity index (χ2n) is 7.24. The summed E-state index contributed by atoms with van der Waals surface area (Å²) in [5.74, 6) is 0. The van der Waals surface area contributed by atoms with E-state index in [0.29, 0.717) is 0 Å². The van der Waals surface area contributed by atoms with Crippen molar-refractivity contribution in [3.8, 4) is 0 Å². The maximum Gasteiger partial charge on any atom is 0.0849 e. The first kappa shape index (κ1) is 16.3. The minimum atomic E-state index is -0.622. The topological polar surface area (TPSA) is 48.8 Å². The van der Waals surface area contributed by atoms with Crippen LogP contribution in [0.3, 0.4) is 0 Å². The van der Waals surface area contributed by atoms with Gasteiger partial charge in [-0.25, -0.2) is 4.98 Å². The van der Waals surface area contributed by atoms with Gasteiger partial charge < -0.3 is 9.84 Å². The Bertz CT molecular complexity index is 474. The van der Waals surface area contributed by atoms with Gasteiger partial charge in [0.2, 0.25) is 0 Å². The zero-order valence-electron chi connectivity index (χ0n) is 13.6. The van der Waals surface area contributed by atoms with Crippen LogP contribution in [0, 0.1) is 5.41 Å². The molecule has 0 aromatic carbocycles. The Hall–Kier alpha value is -0.530. The molecule has 0 radical (unpaired) electrons. The van der Waals surface area contributed by atoms with Crippen molar-refractivity contribution in [1.29, 1.82) is 0 Å². The molecule has 0 amide bonds. The van der Waals surface area contributed by atoms with Gasteiger partial charge >= 0.3 is 0 Å². The van der Waals surface area contributed by atoms with Crippen molar-refractivity contribution in [1.82, 2.24) is 14.8 Å². The summed E-state index contributed by atoms with van der Waals surface area (Å²) in [7, 11) is 0. The average molecular weight is 325 g/mol. The molecular weight excluding hydrogens is 298 g/mol. The summed E-state index contributed by atoms with van der Waals surface area (Å²) in [5, 5.41) is 13.4. The Morgan fingerprint density at radius 2 is 2.05 bits per heavy atom. The predicted molar refractivity (Wildman–Crippen MR) is 88.0 cm³/mol. The van der Waals surface area contributed by atoms with E-state index in [2.05, 4.69) is 34.0 Å². The molecule has 1 aromatic rings. The molecule has 2 saturated heterocycles. The van der Waals surface area contributed by atoms with E-state index in [1.165, 1.54) is 0 Å².